The second kappa shape index (κ2) is 2.47. The predicted octanol–water partition coefficient (Wildman–Crippen LogP) is -1.39. The standard InChI is InChI=1S/C5H7N3O2/c1-6-5-7-3(9)2-4(10)8-5/h2H2,1H3,(H2,6,7,8,9,10). The van der Waals surface area contributed by atoms with Gasteiger partial charge in [-0.2, -0.15) is 0 Å². The summed E-state index contributed by atoms with van der Waals surface area (Å²) >= 11 is 0. The Hall–Kier alpha value is -1.39. The third kappa shape index (κ3) is 1.31. The van der Waals surface area contributed by atoms with E-state index in [0.717, 1.165) is 0 Å². The third-order valence-electron chi connectivity index (χ3n) is 1.06. The van der Waals surface area contributed by atoms with E-state index >= 15 is 0 Å². The normalized spacial score (nSPS) is 17.9. The second-order valence-electron chi connectivity index (χ2n) is 1.85. The third-order valence-corrected chi connectivity index (χ3v) is 1.06. The smallest absolute Gasteiger partial charge is 0.236 e. The summed E-state index contributed by atoms with van der Waals surface area (Å²) < 4.78 is 0. The fraction of sp³-hybridized carbons (Fsp3) is 0.400. The minimum absolute atomic E-state index is 0.112. The molecule has 0 aromatic rings. The minimum Gasteiger partial charge on any atom is -0.296 e. The lowest BCUT2D eigenvalue weighted by Crippen LogP contribution is -2.50. The molecular weight excluding hydrogens is 134 g/mol. The molecule has 10 heavy (non-hydrogen) atoms. The molecule has 2 amide bonds. The Labute approximate surface area is 57.5 Å². The van der Waals surface area contributed by atoms with Crippen LogP contribution in [0.3, 0.4) is 0 Å². The summed E-state index contributed by atoms with van der Waals surface area (Å²) in [6, 6.07) is 0. The summed E-state index contributed by atoms with van der Waals surface area (Å²) in [7, 11) is 1.49. The fourth-order valence-corrected chi connectivity index (χ4v) is 0.641. The van der Waals surface area contributed by atoms with Gasteiger partial charge in [-0.25, -0.2) is 0 Å². The summed E-state index contributed by atoms with van der Waals surface area (Å²) in [5.74, 6) is -0.407. The quantitative estimate of drug-likeness (QED) is 0.408. The number of guanidine groups is 1. The van der Waals surface area contributed by atoms with Gasteiger partial charge in [-0.1, -0.05) is 0 Å². The van der Waals surface area contributed by atoms with Crippen LogP contribution < -0.4 is 10.6 Å². The Balaban J connectivity index is 2.68. The molecule has 0 aromatic heterocycles. The first-order valence-corrected chi connectivity index (χ1v) is 2.79. The van der Waals surface area contributed by atoms with E-state index in [1.807, 2.05) is 0 Å². The molecule has 1 aliphatic rings. The SMILES string of the molecule is CN=C1NC(=O)CC(=O)N1. The van der Waals surface area contributed by atoms with Crippen LogP contribution in [-0.4, -0.2) is 24.8 Å². The van der Waals surface area contributed by atoms with E-state index in [9.17, 15) is 9.59 Å². The number of aliphatic imine (C=N–C) groups is 1. The van der Waals surface area contributed by atoms with Crippen molar-refractivity contribution in [1.82, 2.24) is 10.6 Å². The summed E-state index contributed by atoms with van der Waals surface area (Å²) in [5, 5.41) is 4.75. The van der Waals surface area contributed by atoms with E-state index in [-0.39, 0.29) is 24.2 Å². The maximum atomic E-state index is 10.6. The van der Waals surface area contributed by atoms with Crippen molar-refractivity contribution in [3.63, 3.8) is 0 Å². The van der Waals surface area contributed by atoms with Crippen LogP contribution in [0.15, 0.2) is 4.99 Å². The van der Waals surface area contributed by atoms with Gasteiger partial charge in [0.05, 0.1) is 0 Å². The molecule has 1 rings (SSSR count). The topological polar surface area (TPSA) is 70.6 Å². The molecule has 1 heterocycles. The van der Waals surface area contributed by atoms with Crippen molar-refractivity contribution < 1.29 is 9.59 Å². The lowest BCUT2D eigenvalue weighted by Gasteiger charge is -2.13. The van der Waals surface area contributed by atoms with Crippen molar-refractivity contribution in [2.24, 2.45) is 4.99 Å². The van der Waals surface area contributed by atoms with Crippen LogP contribution in [-0.2, 0) is 9.59 Å². The highest BCUT2D eigenvalue weighted by molar-refractivity contribution is 6.15. The molecule has 2 N–H and O–H groups in total. The molecule has 0 saturated carbocycles. The number of hydrogen-bond acceptors (Lipinski definition) is 3. The number of hydrogen-bond donors (Lipinski definition) is 2. The van der Waals surface area contributed by atoms with Gasteiger partial charge in [0, 0.05) is 7.05 Å². The largest absolute Gasteiger partial charge is 0.296 e. The maximum Gasteiger partial charge on any atom is 0.236 e. The van der Waals surface area contributed by atoms with Crippen LogP contribution in [0.25, 0.3) is 0 Å². The Bertz CT molecular complexity index is 191. The van der Waals surface area contributed by atoms with Crippen molar-refractivity contribution in [3.05, 3.63) is 0 Å². The Morgan fingerprint density at radius 2 is 1.80 bits per heavy atom. The van der Waals surface area contributed by atoms with Gasteiger partial charge in [-0.05, 0) is 0 Å². The monoisotopic (exact) mass is 141 g/mol. The van der Waals surface area contributed by atoms with Gasteiger partial charge in [0.2, 0.25) is 17.8 Å². The van der Waals surface area contributed by atoms with E-state index < -0.39 is 0 Å². The molecule has 1 aliphatic heterocycles. The molecule has 1 fully saturated rings. The highest BCUT2D eigenvalue weighted by Gasteiger charge is 2.18. The Morgan fingerprint density at radius 1 is 1.30 bits per heavy atom. The van der Waals surface area contributed by atoms with Crippen LogP contribution in [0.4, 0.5) is 0 Å². The van der Waals surface area contributed by atoms with Gasteiger partial charge in [-0.15, -0.1) is 0 Å². The fourth-order valence-electron chi connectivity index (χ4n) is 0.641. The van der Waals surface area contributed by atoms with E-state index in [1.54, 1.807) is 0 Å². The Kier molecular flexibility index (Phi) is 1.66. The number of carbonyl (C=O) groups is 2. The average molecular weight is 141 g/mol. The highest BCUT2D eigenvalue weighted by Crippen LogP contribution is 1.86. The van der Waals surface area contributed by atoms with Gasteiger partial charge in [0.1, 0.15) is 6.42 Å². The van der Waals surface area contributed by atoms with Gasteiger partial charge < -0.3 is 0 Å². The number of carbonyl (C=O) groups excluding carboxylic acids is 2. The predicted molar refractivity (Wildman–Crippen MR) is 34.3 cm³/mol. The van der Waals surface area contributed by atoms with Crippen molar-refractivity contribution in [2.45, 2.75) is 6.42 Å². The average Bonchev–Trinajstić information content (AvgIpc) is 1.85. The lowest BCUT2D eigenvalue weighted by atomic mass is 10.3. The van der Waals surface area contributed by atoms with Crippen molar-refractivity contribution >= 4 is 17.8 Å². The zero-order valence-corrected chi connectivity index (χ0v) is 5.47. The molecule has 0 aromatic carbocycles. The summed E-state index contributed by atoms with van der Waals surface area (Å²) in [5.41, 5.74) is 0. The van der Waals surface area contributed by atoms with Gasteiger partial charge in [0.15, 0.2) is 0 Å². The molecule has 0 bridgehead atoms. The lowest BCUT2D eigenvalue weighted by molar-refractivity contribution is -0.129. The number of rotatable bonds is 0. The van der Waals surface area contributed by atoms with Crippen molar-refractivity contribution in [2.75, 3.05) is 7.05 Å². The van der Waals surface area contributed by atoms with E-state index in [0.29, 0.717) is 0 Å². The van der Waals surface area contributed by atoms with Crippen molar-refractivity contribution in [1.29, 1.82) is 0 Å². The zero-order chi connectivity index (χ0) is 7.56. The molecule has 0 unspecified atom stereocenters. The number of nitrogens with zero attached hydrogens (tertiary/aromatic N) is 1. The van der Waals surface area contributed by atoms with Crippen LogP contribution >= 0.6 is 0 Å². The van der Waals surface area contributed by atoms with Crippen LogP contribution in [0.1, 0.15) is 6.42 Å². The molecule has 1 saturated heterocycles. The van der Waals surface area contributed by atoms with E-state index in [4.69, 9.17) is 0 Å². The summed E-state index contributed by atoms with van der Waals surface area (Å²) in [4.78, 5) is 24.8. The molecule has 0 spiro atoms. The van der Waals surface area contributed by atoms with Gasteiger partial charge in [0.25, 0.3) is 0 Å². The summed E-state index contributed by atoms with van der Waals surface area (Å²) in [6.07, 6.45) is -0.112. The second-order valence-corrected chi connectivity index (χ2v) is 1.85. The highest BCUT2D eigenvalue weighted by atomic mass is 16.2. The first-order chi connectivity index (χ1) is 4.72. The van der Waals surface area contributed by atoms with Gasteiger partial charge in [-0.3, -0.25) is 25.2 Å². The van der Waals surface area contributed by atoms with Crippen LogP contribution in [0, 0.1) is 0 Å². The molecule has 0 aliphatic carbocycles. The zero-order valence-electron chi connectivity index (χ0n) is 5.47. The number of nitrogens with one attached hydrogen (secondary N) is 2. The van der Waals surface area contributed by atoms with Gasteiger partial charge >= 0.3 is 0 Å². The van der Waals surface area contributed by atoms with Crippen LogP contribution in [0.5, 0.6) is 0 Å². The van der Waals surface area contributed by atoms with E-state index in [1.165, 1.54) is 7.05 Å². The minimum atomic E-state index is -0.315. The number of amides is 2. The Morgan fingerprint density at radius 3 is 2.20 bits per heavy atom. The maximum absolute atomic E-state index is 10.6. The molecule has 0 radical (unpaired) electrons. The molecule has 54 valence electrons. The molecule has 5 heteroatoms. The molecule has 0 atom stereocenters. The first kappa shape index (κ1) is 6.73. The molecule has 5 nitrogen and oxygen atoms in total. The van der Waals surface area contributed by atoms with E-state index in [2.05, 4.69) is 15.6 Å². The first-order valence-electron chi connectivity index (χ1n) is 2.79. The molecular formula is C5H7N3O2. The summed E-state index contributed by atoms with van der Waals surface area (Å²) in [6.45, 7) is 0. The van der Waals surface area contributed by atoms with Crippen molar-refractivity contribution in [3.8, 4) is 0 Å². The van der Waals surface area contributed by atoms with Crippen LogP contribution in [0.2, 0.25) is 0 Å².